The Balaban J connectivity index is 1.59. The predicted octanol–water partition coefficient (Wildman–Crippen LogP) is 5.99. The van der Waals surface area contributed by atoms with Crippen LogP contribution in [0.25, 0.3) is 10.9 Å². The molecule has 0 amide bonds. The van der Waals surface area contributed by atoms with Crippen LogP contribution in [0.15, 0.2) is 22.7 Å². The summed E-state index contributed by atoms with van der Waals surface area (Å²) in [6.45, 7) is 3.24. The number of rotatable bonds is 7. The van der Waals surface area contributed by atoms with Crippen LogP contribution in [0.1, 0.15) is 58.3 Å². The zero-order chi connectivity index (χ0) is 17.9. The zero-order valence-corrected chi connectivity index (χ0v) is 17.2. The van der Waals surface area contributed by atoms with Crippen molar-refractivity contribution in [1.29, 1.82) is 0 Å². The van der Waals surface area contributed by atoms with Crippen molar-refractivity contribution in [2.75, 3.05) is 17.2 Å². The van der Waals surface area contributed by atoms with Crippen molar-refractivity contribution in [2.45, 2.75) is 64.3 Å². The smallest absolute Gasteiger partial charge is 0.225 e. The number of fused-ring (bicyclic) bond motifs is 1. The summed E-state index contributed by atoms with van der Waals surface area (Å²) in [4.78, 5) is 9.67. The van der Waals surface area contributed by atoms with Crippen molar-refractivity contribution in [2.24, 2.45) is 11.8 Å². The molecule has 26 heavy (non-hydrogen) atoms. The predicted molar refractivity (Wildman–Crippen MR) is 113 cm³/mol. The number of anilines is 2. The third kappa shape index (κ3) is 4.13. The quantitative estimate of drug-likeness (QED) is 0.582. The van der Waals surface area contributed by atoms with E-state index >= 15 is 0 Å². The summed E-state index contributed by atoms with van der Waals surface area (Å²) in [5, 5.41) is 8.35. The number of para-hydroxylation sites is 1. The molecule has 2 fully saturated rings. The third-order valence-corrected chi connectivity index (χ3v) is 6.54. The summed E-state index contributed by atoms with van der Waals surface area (Å²) in [7, 11) is 0. The Labute approximate surface area is 164 Å². The van der Waals surface area contributed by atoms with Gasteiger partial charge >= 0.3 is 0 Å². The van der Waals surface area contributed by atoms with Gasteiger partial charge in [-0.3, -0.25) is 0 Å². The number of halogens is 1. The number of hydrogen-bond acceptors (Lipinski definition) is 4. The largest absolute Gasteiger partial charge is 0.366 e. The van der Waals surface area contributed by atoms with Gasteiger partial charge in [0.1, 0.15) is 5.82 Å². The second-order valence-corrected chi connectivity index (χ2v) is 8.77. The molecule has 0 spiro atoms. The summed E-state index contributed by atoms with van der Waals surface area (Å²) >= 11 is 3.67. The lowest BCUT2D eigenvalue weighted by atomic mass is 9.89. The highest BCUT2D eigenvalue weighted by Crippen LogP contribution is 2.37. The Hall–Kier alpha value is -1.36. The van der Waals surface area contributed by atoms with E-state index < -0.39 is 0 Å². The van der Waals surface area contributed by atoms with Gasteiger partial charge in [0, 0.05) is 22.4 Å². The molecule has 0 saturated heterocycles. The van der Waals surface area contributed by atoms with Gasteiger partial charge in [-0.05, 0) is 72.0 Å². The van der Waals surface area contributed by atoms with E-state index in [1.807, 2.05) is 0 Å². The van der Waals surface area contributed by atoms with Crippen LogP contribution in [0.5, 0.6) is 0 Å². The standard InChI is InChI=1S/C21H29BrN4/c1-2-18(15-11-12-15)24-20-16-9-6-10-17(22)19(16)25-21(26-20)23-13-14-7-4-3-5-8-14/h6,9-10,14-15,18H,2-5,7-8,11-13H2,1H3,(H2,23,24,25,26). The molecule has 2 saturated carbocycles. The minimum absolute atomic E-state index is 0.512. The Bertz CT molecular complexity index is 753. The average molecular weight is 417 g/mol. The van der Waals surface area contributed by atoms with Gasteiger partial charge in [0.05, 0.1) is 5.52 Å². The first-order chi connectivity index (χ1) is 12.7. The fraction of sp³-hybridized carbons (Fsp3) is 0.619. The lowest BCUT2D eigenvalue weighted by Gasteiger charge is -2.22. The molecule has 2 aliphatic carbocycles. The molecule has 1 unspecified atom stereocenters. The van der Waals surface area contributed by atoms with Gasteiger partial charge in [-0.1, -0.05) is 32.3 Å². The minimum atomic E-state index is 0.512. The third-order valence-electron chi connectivity index (χ3n) is 5.90. The molecule has 140 valence electrons. The fourth-order valence-electron chi connectivity index (χ4n) is 4.16. The molecule has 5 heteroatoms. The normalized spacial score (nSPS) is 19.5. The lowest BCUT2D eigenvalue weighted by molar-refractivity contribution is 0.373. The molecule has 1 aromatic carbocycles. The van der Waals surface area contributed by atoms with E-state index in [9.17, 15) is 0 Å². The van der Waals surface area contributed by atoms with Crippen LogP contribution >= 0.6 is 15.9 Å². The molecule has 4 nitrogen and oxygen atoms in total. The first kappa shape index (κ1) is 18.0. The molecule has 2 N–H and O–H groups in total. The van der Waals surface area contributed by atoms with E-state index in [2.05, 4.69) is 51.7 Å². The van der Waals surface area contributed by atoms with Crippen molar-refractivity contribution in [3.8, 4) is 0 Å². The van der Waals surface area contributed by atoms with Crippen molar-refractivity contribution in [3.05, 3.63) is 22.7 Å². The number of hydrogen-bond donors (Lipinski definition) is 2. The topological polar surface area (TPSA) is 49.8 Å². The van der Waals surface area contributed by atoms with Gasteiger partial charge in [0.2, 0.25) is 5.95 Å². The van der Waals surface area contributed by atoms with Crippen LogP contribution < -0.4 is 10.6 Å². The Morgan fingerprint density at radius 2 is 1.92 bits per heavy atom. The molecule has 4 rings (SSSR count). The maximum Gasteiger partial charge on any atom is 0.225 e. The van der Waals surface area contributed by atoms with Crippen LogP contribution in [-0.4, -0.2) is 22.6 Å². The second kappa shape index (κ2) is 8.12. The SMILES string of the molecule is CCC(Nc1nc(NCC2CCCCC2)nc2c(Br)cccc12)C1CC1. The van der Waals surface area contributed by atoms with E-state index in [-0.39, 0.29) is 0 Å². The molecule has 0 aliphatic heterocycles. The van der Waals surface area contributed by atoms with E-state index in [4.69, 9.17) is 9.97 Å². The molecule has 1 aromatic heterocycles. The molecule has 0 bridgehead atoms. The van der Waals surface area contributed by atoms with E-state index in [1.165, 1.54) is 44.9 Å². The maximum absolute atomic E-state index is 4.87. The van der Waals surface area contributed by atoms with Gasteiger partial charge in [-0.2, -0.15) is 4.98 Å². The van der Waals surface area contributed by atoms with Crippen molar-refractivity contribution < 1.29 is 0 Å². The van der Waals surface area contributed by atoms with Crippen molar-refractivity contribution in [3.63, 3.8) is 0 Å². The number of nitrogens with zero attached hydrogens (tertiary/aromatic N) is 2. The zero-order valence-electron chi connectivity index (χ0n) is 15.6. The molecule has 1 heterocycles. The van der Waals surface area contributed by atoms with Crippen molar-refractivity contribution >= 4 is 38.6 Å². The summed E-state index contributed by atoms with van der Waals surface area (Å²) in [6, 6.07) is 6.75. The Kier molecular flexibility index (Phi) is 5.63. The summed E-state index contributed by atoms with van der Waals surface area (Å²) < 4.78 is 1.03. The van der Waals surface area contributed by atoms with Crippen LogP contribution in [-0.2, 0) is 0 Å². The maximum atomic E-state index is 4.87. The van der Waals surface area contributed by atoms with Gasteiger partial charge in [0.25, 0.3) is 0 Å². The molecule has 2 aromatic rings. The fourth-order valence-corrected chi connectivity index (χ4v) is 4.62. The highest BCUT2D eigenvalue weighted by Gasteiger charge is 2.30. The van der Waals surface area contributed by atoms with Gasteiger partial charge in [-0.15, -0.1) is 0 Å². The highest BCUT2D eigenvalue weighted by atomic mass is 79.9. The van der Waals surface area contributed by atoms with E-state index in [0.717, 1.165) is 51.9 Å². The Morgan fingerprint density at radius 1 is 1.12 bits per heavy atom. The molecular formula is C21H29BrN4. The van der Waals surface area contributed by atoms with Gasteiger partial charge < -0.3 is 10.6 Å². The van der Waals surface area contributed by atoms with E-state index in [1.54, 1.807) is 0 Å². The van der Waals surface area contributed by atoms with Gasteiger partial charge in [0.15, 0.2) is 0 Å². The minimum Gasteiger partial charge on any atom is -0.366 e. The van der Waals surface area contributed by atoms with Crippen molar-refractivity contribution in [1.82, 2.24) is 9.97 Å². The first-order valence-corrected chi connectivity index (χ1v) is 11.0. The molecule has 2 aliphatic rings. The lowest BCUT2D eigenvalue weighted by Crippen LogP contribution is -2.23. The summed E-state index contributed by atoms with van der Waals surface area (Å²) in [6.07, 6.45) is 10.6. The number of nitrogens with one attached hydrogen (secondary N) is 2. The Morgan fingerprint density at radius 3 is 2.65 bits per heavy atom. The molecule has 0 radical (unpaired) electrons. The molecular weight excluding hydrogens is 388 g/mol. The highest BCUT2D eigenvalue weighted by molar-refractivity contribution is 9.10. The van der Waals surface area contributed by atoms with Crippen LogP contribution in [0.2, 0.25) is 0 Å². The van der Waals surface area contributed by atoms with E-state index in [0.29, 0.717) is 6.04 Å². The average Bonchev–Trinajstić information content (AvgIpc) is 3.51. The molecule has 1 atom stereocenters. The van der Waals surface area contributed by atoms with Gasteiger partial charge in [-0.25, -0.2) is 4.98 Å². The van der Waals surface area contributed by atoms with Crippen LogP contribution in [0.3, 0.4) is 0 Å². The van der Waals surface area contributed by atoms with Crippen LogP contribution in [0, 0.1) is 11.8 Å². The first-order valence-electron chi connectivity index (χ1n) is 10.2. The number of aromatic nitrogens is 2. The summed E-state index contributed by atoms with van der Waals surface area (Å²) in [5.41, 5.74) is 0.988. The number of benzene rings is 1. The monoisotopic (exact) mass is 416 g/mol. The summed E-state index contributed by atoms with van der Waals surface area (Å²) in [5.74, 6) is 3.29. The van der Waals surface area contributed by atoms with Crippen LogP contribution in [0.4, 0.5) is 11.8 Å². The second-order valence-electron chi connectivity index (χ2n) is 7.91.